The molecule has 0 bridgehead atoms. The number of nitrogens with zero attached hydrogens (tertiary/aromatic N) is 1. The highest BCUT2D eigenvalue weighted by atomic mass is 14.9. The predicted octanol–water partition coefficient (Wildman–Crippen LogP) is 3.08. The fourth-order valence-corrected chi connectivity index (χ4v) is 3.36. The number of aromatic nitrogens is 2. The molecule has 15 heavy (non-hydrogen) atoms. The van der Waals surface area contributed by atoms with Gasteiger partial charge in [-0.1, -0.05) is 18.6 Å². The first kappa shape index (κ1) is 7.91. The van der Waals surface area contributed by atoms with Crippen LogP contribution in [0.25, 0.3) is 11.0 Å². The van der Waals surface area contributed by atoms with Crippen molar-refractivity contribution in [1.82, 2.24) is 9.97 Å². The average Bonchev–Trinajstić information content (AvgIpc) is 2.71. The minimum absolute atomic E-state index is 0.756. The molecule has 0 radical (unpaired) electrons. The molecule has 0 saturated heterocycles. The molecule has 2 heteroatoms. The van der Waals surface area contributed by atoms with E-state index >= 15 is 0 Å². The normalized spacial score (nSPS) is 33.2. The Hall–Kier alpha value is -1.31. The number of nitrogens with one attached hydrogen (secondary N) is 1. The van der Waals surface area contributed by atoms with Crippen LogP contribution in [0.1, 0.15) is 31.0 Å². The van der Waals surface area contributed by atoms with Crippen molar-refractivity contribution < 1.29 is 0 Å². The Labute approximate surface area is 88.7 Å². The van der Waals surface area contributed by atoms with Crippen LogP contribution >= 0.6 is 0 Å². The molecule has 1 heterocycles. The monoisotopic (exact) mass is 198 g/mol. The molecular formula is C13H14N2. The number of para-hydroxylation sites is 2. The summed E-state index contributed by atoms with van der Waals surface area (Å²) in [4.78, 5) is 8.18. The molecule has 2 saturated carbocycles. The second-order valence-corrected chi connectivity index (χ2v) is 4.92. The van der Waals surface area contributed by atoms with Gasteiger partial charge in [0.2, 0.25) is 0 Å². The number of fused-ring (bicyclic) bond motifs is 2. The van der Waals surface area contributed by atoms with E-state index in [1.54, 1.807) is 0 Å². The van der Waals surface area contributed by atoms with Gasteiger partial charge in [0.05, 0.1) is 11.0 Å². The quantitative estimate of drug-likeness (QED) is 0.749. The molecule has 1 aromatic heterocycles. The third kappa shape index (κ3) is 1.02. The fraction of sp³-hybridized carbons (Fsp3) is 0.462. The van der Waals surface area contributed by atoms with Gasteiger partial charge < -0.3 is 4.98 Å². The standard InChI is InChI=1S/C13H14N2/c1-2-7-11-10(6-1)14-13(15-11)12-8-4-3-5-9(8)12/h1-2,6-9,12H,3-5H2,(H,14,15). The van der Waals surface area contributed by atoms with E-state index in [9.17, 15) is 0 Å². The highest BCUT2D eigenvalue weighted by Crippen LogP contribution is 2.62. The van der Waals surface area contributed by atoms with Gasteiger partial charge in [-0.25, -0.2) is 4.98 Å². The SMILES string of the molecule is c1ccc2[nH]c(C3C4CCCC43)nc2c1. The van der Waals surface area contributed by atoms with Gasteiger partial charge >= 0.3 is 0 Å². The van der Waals surface area contributed by atoms with Crippen LogP contribution in [-0.4, -0.2) is 9.97 Å². The third-order valence-electron chi connectivity index (χ3n) is 4.13. The number of rotatable bonds is 1. The number of imidazole rings is 1. The number of hydrogen-bond donors (Lipinski definition) is 1. The lowest BCUT2D eigenvalue weighted by Gasteiger charge is -1.97. The summed E-state index contributed by atoms with van der Waals surface area (Å²) in [7, 11) is 0. The molecule has 2 unspecified atom stereocenters. The number of aromatic amines is 1. The van der Waals surface area contributed by atoms with Crippen LogP contribution in [0.2, 0.25) is 0 Å². The van der Waals surface area contributed by atoms with Crippen LogP contribution in [-0.2, 0) is 0 Å². The van der Waals surface area contributed by atoms with Crippen molar-refractivity contribution in [3.63, 3.8) is 0 Å². The zero-order valence-corrected chi connectivity index (χ0v) is 8.61. The Balaban J connectivity index is 1.77. The summed E-state index contributed by atoms with van der Waals surface area (Å²) in [6, 6.07) is 8.33. The number of hydrogen-bond acceptors (Lipinski definition) is 1. The Morgan fingerprint density at radius 3 is 2.73 bits per heavy atom. The van der Waals surface area contributed by atoms with E-state index in [1.807, 2.05) is 0 Å². The smallest absolute Gasteiger partial charge is 0.110 e. The lowest BCUT2D eigenvalue weighted by Crippen LogP contribution is -1.89. The van der Waals surface area contributed by atoms with Gasteiger partial charge in [-0.2, -0.15) is 0 Å². The maximum absolute atomic E-state index is 4.70. The van der Waals surface area contributed by atoms with Crippen LogP contribution < -0.4 is 0 Å². The summed E-state index contributed by atoms with van der Waals surface area (Å²) in [6.07, 6.45) is 4.28. The number of H-pyrrole nitrogens is 1. The van der Waals surface area contributed by atoms with Crippen molar-refractivity contribution in [1.29, 1.82) is 0 Å². The molecule has 2 aromatic rings. The van der Waals surface area contributed by atoms with Crippen molar-refractivity contribution in [2.75, 3.05) is 0 Å². The molecule has 2 fully saturated rings. The van der Waals surface area contributed by atoms with Gasteiger partial charge in [-0.3, -0.25) is 0 Å². The molecule has 2 nitrogen and oxygen atoms in total. The molecule has 76 valence electrons. The average molecular weight is 198 g/mol. The summed E-state index contributed by atoms with van der Waals surface area (Å²) in [5, 5.41) is 0. The predicted molar refractivity (Wildman–Crippen MR) is 59.7 cm³/mol. The summed E-state index contributed by atoms with van der Waals surface area (Å²) >= 11 is 0. The molecular weight excluding hydrogens is 184 g/mol. The first-order valence-electron chi connectivity index (χ1n) is 5.88. The summed E-state index contributed by atoms with van der Waals surface area (Å²) in [5.41, 5.74) is 2.31. The minimum Gasteiger partial charge on any atom is -0.342 e. The van der Waals surface area contributed by atoms with Crippen LogP contribution in [0.5, 0.6) is 0 Å². The third-order valence-corrected chi connectivity index (χ3v) is 4.13. The van der Waals surface area contributed by atoms with Gasteiger partial charge in [0, 0.05) is 5.92 Å². The highest BCUT2D eigenvalue weighted by Gasteiger charge is 2.54. The van der Waals surface area contributed by atoms with Gasteiger partial charge in [0.25, 0.3) is 0 Å². The van der Waals surface area contributed by atoms with E-state index in [-0.39, 0.29) is 0 Å². The van der Waals surface area contributed by atoms with Gasteiger partial charge in [0.15, 0.2) is 0 Å². The maximum atomic E-state index is 4.70. The zero-order valence-electron chi connectivity index (χ0n) is 8.61. The molecule has 1 aromatic carbocycles. The molecule has 0 aliphatic heterocycles. The van der Waals surface area contributed by atoms with E-state index in [0.717, 1.165) is 23.3 Å². The van der Waals surface area contributed by atoms with Gasteiger partial charge in [0.1, 0.15) is 5.82 Å². The Morgan fingerprint density at radius 2 is 1.93 bits per heavy atom. The lowest BCUT2D eigenvalue weighted by molar-refractivity contribution is 0.664. The molecule has 0 amide bonds. The van der Waals surface area contributed by atoms with Crippen molar-refractivity contribution in [2.24, 2.45) is 11.8 Å². The molecule has 1 N–H and O–H groups in total. The minimum atomic E-state index is 0.756. The Bertz CT molecular complexity index is 471. The van der Waals surface area contributed by atoms with Crippen LogP contribution in [0.4, 0.5) is 0 Å². The Morgan fingerprint density at radius 1 is 1.13 bits per heavy atom. The van der Waals surface area contributed by atoms with E-state index < -0.39 is 0 Å². The molecule has 2 aliphatic carbocycles. The maximum Gasteiger partial charge on any atom is 0.110 e. The van der Waals surface area contributed by atoms with Crippen molar-refractivity contribution in [2.45, 2.75) is 25.2 Å². The largest absolute Gasteiger partial charge is 0.342 e. The topological polar surface area (TPSA) is 28.7 Å². The first-order valence-corrected chi connectivity index (χ1v) is 5.88. The van der Waals surface area contributed by atoms with E-state index in [2.05, 4.69) is 29.2 Å². The first-order chi connectivity index (χ1) is 7.43. The second kappa shape index (κ2) is 2.63. The van der Waals surface area contributed by atoms with E-state index in [1.165, 1.54) is 30.6 Å². The van der Waals surface area contributed by atoms with Crippen molar-refractivity contribution in [3.05, 3.63) is 30.1 Å². The van der Waals surface area contributed by atoms with Crippen molar-refractivity contribution in [3.8, 4) is 0 Å². The highest BCUT2D eigenvalue weighted by molar-refractivity contribution is 5.75. The van der Waals surface area contributed by atoms with E-state index in [4.69, 9.17) is 4.98 Å². The molecule has 0 spiro atoms. The fourth-order valence-electron chi connectivity index (χ4n) is 3.36. The van der Waals surface area contributed by atoms with Crippen LogP contribution in [0.3, 0.4) is 0 Å². The van der Waals surface area contributed by atoms with Crippen LogP contribution in [0.15, 0.2) is 24.3 Å². The summed E-state index contributed by atoms with van der Waals surface area (Å²) in [5.74, 6) is 3.90. The summed E-state index contributed by atoms with van der Waals surface area (Å²) < 4.78 is 0. The van der Waals surface area contributed by atoms with Gasteiger partial charge in [-0.05, 0) is 36.8 Å². The second-order valence-electron chi connectivity index (χ2n) is 4.92. The number of benzene rings is 1. The summed E-state index contributed by atoms with van der Waals surface area (Å²) in [6.45, 7) is 0. The van der Waals surface area contributed by atoms with Crippen molar-refractivity contribution >= 4 is 11.0 Å². The lowest BCUT2D eigenvalue weighted by atomic mass is 10.1. The van der Waals surface area contributed by atoms with Gasteiger partial charge in [-0.15, -0.1) is 0 Å². The molecule has 4 rings (SSSR count). The molecule has 2 atom stereocenters. The zero-order chi connectivity index (χ0) is 9.83. The molecule has 2 aliphatic rings. The van der Waals surface area contributed by atoms with Crippen LogP contribution in [0, 0.1) is 11.8 Å². The Kier molecular flexibility index (Phi) is 1.39. The van der Waals surface area contributed by atoms with E-state index in [0.29, 0.717) is 0 Å².